The molecule has 6 aromatic heterocycles. The fourth-order valence-electron chi connectivity index (χ4n) is 4.29. The second-order valence-electron chi connectivity index (χ2n) is 10.3. The van der Waals surface area contributed by atoms with Crippen molar-refractivity contribution in [2.24, 2.45) is 0 Å². The van der Waals surface area contributed by atoms with Gasteiger partial charge < -0.3 is 30.9 Å². The number of hydrogen-bond donors (Lipinski definition) is 3. The van der Waals surface area contributed by atoms with Gasteiger partial charge in [0.05, 0.1) is 17.1 Å². The van der Waals surface area contributed by atoms with E-state index in [1.165, 1.54) is 18.9 Å². The fraction of sp³-hybridized carbons (Fsp3) is 0.393. The molecule has 0 aromatic carbocycles. The molecule has 14 heteroatoms. The zero-order valence-electron chi connectivity index (χ0n) is 24.3. The van der Waals surface area contributed by atoms with E-state index in [-0.39, 0.29) is 25.1 Å². The predicted molar refractivity (Wildman–Crippen MR) is 166 cm³/mol. The van der Waals surface area contributed by atoms with Crippen LogP contribution in [0.4, 0.5) is 21.8 Å². The minimum atomic E-state index is -0.365. The molecule has 6 rings (SSSR count). The lowest BCUT2D eigenvalue weighted by Crippen LogP contribution is -2.03. The second kappa shape index (κ2) is 12.7. The lowest BCUT2D eigenvalue weighted by molar-refractivity contribution is 0.585. The molecular weight excluding hydrogens is 537 g/mol. The number of fused-ring (bicyclic) bond motifs is 3. The summed E-state index contributed by atoms with van der Waals surface area (Å²) in [6.45, 7) is 14.0. The van der Waals surface area contributed by atoms with Crippen molar-refractivity contribution in [3.8, 4) is 0 Å². The number of nitrogens with zero attached hydrogens (tertiary/aromatic N) is 10. The SMILES string of the molecule is C.CC(C)n1ccc2c(N)ncnc21.CC(C)n1cnc2c(N)ncnc21.Cc1nc(N)c2c(F)cn(C(C)C)c2n1. The van der Waals surface area contributed by atoms with Crippen LogP contribution in [0.15, 0.2) is 37.4 Å². The van der Waals surface area contributed by atoms with Crippen LogP contribution in [-0.4, -0.2) is 48.6 Å². The summed E-state index contributed by atoms with van der Waals surface area (Å²) in [4.78, 5) is 28.4. The fourth-order valence-corrected chi connectivity index (χ4v) is 4.29. The largest absolute Gasteiger partial charge is 0.383 e. The van der Waals surface area contributed by atoms with Gasteiger partial charge in [-0.3, -0.25) is 0 Å². The van der Waals surface area contributed by atoms with Crippen molar-refractivity contribution in [2.75, 3.05) is 17.2 Å². The minimum Gasteiger partial charge on any atom is -0.383 e. The number of hydrogen-bond acceptors (Lipinski definition) is 10. The normalized spacial score (nSPS) is 11.1. The van der Waals surface area contributed by atoms with E-state index in [1.54, 1.807) is 17.8 Å². The van der Waals surface area contributed by atoms with E-state index in [1.807, 2.05) is 30.7 Å². The number of nitrogens with two attached hydrogens (primary N) is 3. The van der Waals surface area contributed by atoms with Crippen LogP contribution >= 0.6 is 0 Å². The topological polar surface area (TPSA) is 183 Å². The maximum absolute atomic E-state index is 13.6. The number of anilines is 3. The van der Waals surface area contributed by atoms with Gasteiger partial charge in [-0.1, -0.05) is 7.43 Å². The highest BCUT2D eigenvalue weighted by Gasteiger charge is 2.16. The van der Waals surface area contributed by atoms with Crippen LogP contribution < -0.4 is 17.2 Å². The molecule has 0 spiro atoms. The average molecular weight is 578 g/mol. The van der Waals surface area contributed by atoms with Crippen LogP contribution in [-0.2, 0) is 0 Å². The summed E-state index contributed by atoms with van der Waals surface area (Å²) in [6.07, 6.45) is 8.09. The van der Waals surface area contributed by atoms with Crippen molar-refractivity contribution in [2.45, 2.75) is 74.0 Å². The maximum Gasteiger partial charge on any atom is 0.165 e. The molecule has 0 saturated heterocycles. The number of halogens is 1. The van der Waals surface area contributed by atoms with Gasteiger partial charge in [0.25, 0.3) is 0 Å². The minimum absolute atomic E-state index is 0. The molecule has 0 atom stereocenters. The number of nitrogen functional groups attached to an aromatic ring is 3. The van der Waals surface area contributed by atoms with Crippen molar-refractivity contribution < 1.29 is 4.39 Å². The molecule has 42 heavy (non-hydrogen) atoms. The molecule has 6 aromatic rings. The molecule has 0 aliphatic rings. The third-order valence-electron chi connectivity index (χ3n) is 6.36. The van der Waals surface area contributed by atoms with Crippen LogP contribution in [0.25, 0.3) is 33.2 Å². The number of imidazole rings is 1. The van der Waals surface area contributed by atoms with Gasteiger partial charge in [0, 0.05) is 30.5 Å². The first kappa shape index (κ1) is 31.6. The summed E-state index contributed by atoms with van der Waals surface area (Å²) >= 11 is 0. The summed E-state index contributed by atoms with van der Waals surface area (Å²) in [5, 5.41) is 1.24. The molecule has 0 aliphatic carbocycles. The van der Waals surface area contributed by atoms with Crippen LogP contribution in [0.2, 0.25) is 0 Å². The molecule has 0 saturated carbocycles. The molecular formula is C28H40FN13. The summed E-state index contributed by atoms with van der Waals surface area (Å²) in [6, 6.07) is 2.82. The lowest BCUT2D eigenvalue weighted by atomic mass is 10.3. The second-order valence-corrected chi connectivity index (χ2v) is 10.3. The summed E-state index contributed by atoms with van der Waals surface area (Å²) in [5.41, 5.74) is 20.0. The van der Waals surface area contributed by atoms with Gasteiger partial charge >= 0.3 is 0 Å². The molecule has 6 N–H and O–H groups in total. The molecule has 0 unspecified atom stereocenters. The van der Waals surface area contributed by atoms with E-state index in [0.29, 0.717) is 46.1 Å². The third kappa shape index (κ3) is 6.21. The number of aryl methyl sites for hydroxylation is 1. The van der Waals surface area contributed by atoms with E-state index in [4.69, 9.17) is 17.2 Å². The van der Waals surface area contributed by atoms with E-state index in [0.717, 1.165) is 16.7 Å². The zero-order valence-corrected chi connectivity index (χ0v) is 24.3. The van der Waals surface area contributed by atoms with E-state index < -0.39 is 0 Å². The Morgan fingerprint density at radius 3 is 1.90 bits per heavy atom. The van der Waals surface area contributed by atoms with E-state index in [9.17, 15) is 4.39 Å². The van der Waals surface area contributed by atoms with E-state index >= 15 is 0 Å². The molecule has 224 valence electrons. The maximum atomic E-state index is 13.6. The van der Waals surface area contributed by atoms with Gasteiger partial charge in [-0.2, -0.15) is 0 Å². The van der Waals surface area contributed by atoms with Crippen LogP contribution in [0.1, 0.15) is 72.9 Å². The van der Waals surface area contributed by atoms with Crippen molar-refractivity contribution in [3.63, 3.8) is 0 Å². The van der Waals surface area contributed by atoms with E-state index in [2.05, 4.69) is 67.1 Å². The van der Waals surface area contributed by atoms with Crippen molar-refractivity contribution in [1.82, 2.24) is 48.6 Å². The molecule has 0 amide bonds. The van der Waals surface area contributed by atoms with Crippen LogP contribution in [0, 0.1) is 12.7 Å². The lowest BCUT2D eigenvalue weighted by Gasteiger charge is -2.08. The summed E-state index contributed by atoms with van der Waals surface area (Å²) in [5.74, 6) is 1.37. The average Bonchev–Trinajstić information content (AvgIpc) is 3.61. The number of rotatable bonds is 3. The first-order chi connectivity index (χ1) is 19.4. The first-order valence-electron chi connectivity index (χ1n) is 13.2. The van der Waals surface area contributed by atoms with Gasteiger partial charge in [0.1, 0.15) is 46.9 Å². The summed E-state index contributed by atoms with van der Waals surface area (Å²) < 4.78 is 19.4. The van der Waals surface area contributed by atoms with Crippen molar-refractivity contribution in [1.29, 1.82) is 0 Å². The highest BCUT2D eigenvalue weighted by molar-refractivity contribution is 5.87. The van der Waals surface area contributed by atoms with Crippen molar-refractivity contribution in [3.05, 3.63) is 49.1 Å². The quantitative estimate of drug-likeness (QED) is 0.251. The molecule has 0 fully saturated rings. The highest BCUT2D eigenvalue weighted by Crippen LogP contribution is 2.26. The Hall–Kier alpha value is -4.88. The Bertz CT molecular complexity index is 1710. The standard InChI is InChI=1S/C10H13FN4.C9H12N4.C8H11N5.CH4/c1-5(2)15-4-7(11)8-9(12)13-6(3)14-10(8)15;1-6(2)13-4-3-7-8(10)11-5-12-9(7)13;1-5(2)13-4-12-6-7(9)10-3-11-8(6)13;/h4-5H,1-3H3,(H2,12,13,14);3-6H,1-2H3,(H2,10,11,12);3-5H,1-2H3,(H2,9,10,11);1H4. The van der Waals surface area contributed by atoms with Crippen LogP contribution in [0.3, 0.4) is 0 Å². The first-order valence-corrected chi connectivity index (χ1v) is 13.2. The molecule has 0 aliphatic heterocycles. The third-order valence-corrected chi connectivity index (χ3v) is 6.36. The Balaban J connectivity index is 0.000000171. The van der Waals surface area contributed by atoms with Gasteiger partial charge in [-0.25, -0.2) is 39.3 Å². The van der Waals surface area contributed by atoms with Gasteiger partial charge in [-0.05, 0) is 54.5 Å². The smallest absolute Gasteiger partial charge is 0.165 e. The van der Waals surface area contributed by atoms with Gasteiger partial charge in [0.15, 0.2) is 17.3 Å². The van der Waals surface area contributed by atoms with Crippen molar-refractivity contribution >= 4 is 50.7 Å². The van der Waals surface area contributed by atoms with Gasteiger partial charge in [0.2, 0.25) is 0 Å². The Labute approximate surface area is 244 Å². The molecule has 13 nitrogen and oxygen atoms in total. The number of aromatic nitrogens is 10. The molecule has 0 radical (unpaired) electrons. The van der Waals surface area contributed by atoms with Crippen LogP contribution in [0.5, 0.6) is 0 Å². The Morgan fingerprint density at radius 2 is 1.29 bits per heavy atom. The predicted octanol–water partition coefficient (Wildman–Crippen LogP) is 5.26. The Kier molecular flexibility index (Phi) is 9.60. The molecule has 6 heterocycles. The summed E-state index contributed by atoms with van der Waals surface area (Å²) in [7, 11) is 0. The monoisotopic (exact) mass is 577 g/mol. The van der Waals surface area contributed by atoms with Gasteiger partial charge in [-0.15, -0.1) is 0 Å². The highest BCUT2D eigenvalue weighted by atomic mass is 19.1. The molecule has 0 bridgehead atoms. The zero-order chi connectivity index (χ0) is 30.0. The Morgan fingerprint density at radius 1 is 0.690 bits per heavy atom.